The second-order valence-corrected chi connectivity index (χ2v) is 8.60. The first-order valence-corrected chi connectivity index (χ1v) is 10.9. The van der Waals surface area contributed by atoms with Gasteiger partial charge in [0.05, 0.1) is 18.5 Å². The average molecular weight is 464 g/mol. The van der Waals surface area contributed by atoms with Crippen molar-refractivity contribution in [1.29, 1.82) is 0 Å². The molecular formula is C21H19F2N3O3S2. The fourth-order valence-corrected chi connectivity index (χ4v) is 4.22. The van der Waals surface area contributed by atoms with Crippen LogP contribution in [-0.4, -0.2) is 20.6 Å². The molecule has 0 radical (unpaired) electrons. The summed E-state index contributed by atoms with van der Waals surface area (Å²) in [5.74, 6) is -0.967. The Kier molecular flexibility index (Phi) is 6.71. The SMILES string of the molecule is COc1ccc(NS(=O)(=O)c2cc(C)ccc2NC(=S)Nc2ccc(F)cc2F)cc1. The van der Waals surface area contributed by atoms with Gasteiger partial charge in [0, 0.05) is 11.8 Å². The number of methoxy groups -OCH3 is 1. The molecule has 0 aliphatic heterocycles. The number of thiocarbonyl (C=S) groups is 1. The molecule has 0 aliphatic rings. The number of hydrogen-bond acceptors (Lipinski definition) is 4. The van der Waals surface area contributed by atoms with Crippen LogP contribution < -0.4 is 20.1 Å². The van der Waals surface area contributed by atoms with E-state index in [4.69, 9.17) is 17.0 Å². The summed E-state index contributed by atoms with van der Waals surface area (Å²) >= 11 is 5.17. The lowest BCUT2D eigenvalue weighted by molar-refractivity contribution is 0.415. The van der Waals surface area contributed by atoms with Crippen LogP contribution in [0.4, 0.5) is 25.8 Å². The molecule has 0 aliphatic carbocycles. The van der Waals surface area contributed by atoms with E-state index >= 15 is 0 Å². The summed E-state index contributed by atoms with van der Waals surface area (Å²) < 4.78 is 60.5. The van der Waals surface area contributed by atoms with Crippen LogP contribution in [0.2, 0.25) is 0 Å². The standard InChI is InChI=1S/C21H19F2N3O3S2/c1-13-3-9-19(25-21(30)24-18-10-4-14(22)12-17(18)23)20(11-13)31(27,28)26-15-5-7-16(29-2)8-6-15/h3-12,26H,1-2H3,(H2,24,25,30). The predicted octanol–water partition coefficient (Wildman–Crippen LogP) is 4.89. The minimum absolute atomic E-state index is 0.0490. The van der Waals surface area contributed by atoms with Gasteiger partial charge in [0.15, 0.2) is 5.11 Å². The van der Waals surface area contributed by atoms with Gasteiger partial charge in [0.2, 0.25) is 0 Å². The average Bonchev–Trinajstić information content (AvgIpc) is 2.71. The van der Waals surface area contributed by atoms with Crippen LogP contribution in [0.5, 0.6) is 5.75 Å². The lowest BCUT2D eigenvalue weighted by Crippen LogP contribution is -2.22. The van der Waals surface area contributed by atoms with Gasteiger partial charge in [-0.3, -0.25) is 4.72 Å². The molecule has 31 heavy (non-hydrogen) atoms. The fourth-order valence-electron chi connectivity index (χ4n) is 2.69. The van der Waals surface area contributed by atoms with E-state index in [-0.39, 0.29) is 21.4 Å². The second-order valence-electron chi connectivity index (χ2n) is 6.54. The van der Waals surface area contributed by atoms with Gasteiger partial charge in [0.1, 0.15) is 22.3 Å². The number of hydrogen-bond donors (Lipinski definition) is 3. The van der Waals surface area contributed by atoms with Crippen molar-refractivity contribution in [3.63, 3.8) is 0 Å². The highest BCUT2D eigenvalue weighted by Crippen LogP contribution is 2.26. The van der Waals surface area contributed by atoms with Gasteiger partial charge in [-0.05, 0) is 73.2 Å². The maximum Gasteiger partial charge on any atom is 0.263 e. The highest BCUT2D eigenvalue weighted by molar-refractivity contribution is 7.93. The number of ether oxygens (including phenoxy) is 1. The minimum atomic E-state index is -3.98. The zero-order valence-electron chi connectivity index (χ0n) is 16.6. The van der Waals surface area contributed by atoms with Gasteiger partial charge in [-0.1, -0.05) is 6.07 Å². The van der Waals surface area contributed by atoms with E-state index < -0.39 is 21.7 Å². The number of benzene rings is 3. The van der Waals surface area contributed by atoms with Gasteiger partial charge >= 0.3 is 0 Å². The Labute approximate surface area is 184 Å². The highest BCUT2D eigenvalue weighted by atomic mass is 32.2. The Hall–Kier alpha value is -3.24. The Bertz CT molecular complexity index is 1220. The highest BCUT2D eigenvalue weighted by Gasteiger charge is 2.20. The van der Waals surface area contributed by atoms with Crippen molar-refractivity contribution in [2.75, 3.05) is 22.5 Å². The third-order valence-corrected chi connectivity index (χ3v) is 5.82. The maximum absolute atomic E-state index is 13.9. The summed E-state index contributed by atoms with van der Waals surface area (Å²) in [6.45, 7) is 1.75. The van der Waals surface area contributed by atoms with E-state index in [1.807, 2.05) is 0 Å². The third-order valence-electron chi connectivity index (χ3n) is 4.20. The van der Waals surface area contributed by atoms with Crippen molar-refractivity contribution in [2.24, 2.45) is 0 Å². The topological polar surface area (TPSA) is 79.5 Å². The van der Waals surface area contributed by atoms with Crippen LogP contribution in [0, 0.1) is 18.6 Å². The largest absolute Gasteiger partial charge is 0.497 e. The van der Waals surface area contributed by atoms with Crippen LogP contribution in [-0.2, 0) is 10.0 Å². The van der Waals surface area contributed by atoms with E-state index in [1.54, 1.807) is 43.3 Å². The van der Waals surface area contributed by atoms with E-state index in [0.29, 0.717) is 23.1 Å². The quantitative estimate of drug-likeness (QED) is 0.452. The van der Waals surface area contributed by atoms with Crippen LogP contribution >= 0.6 is 12.2 Å². The van der Waals surface area contributed by atoms with Crippen LogP contribution in [0.3, 0.4) is 0 Å². The van der Waals surface area contributed by atoms with Crippen molar-refractivity contribution < 1.29 is 21.9 Å². The Morgan fingerprint density at radius 3 is 2.23 bits per heavy atom. The molecular weight excluding hydrogens is 444 g/mol. The molecule has 162 valence electrons. The van der Waals surface area contributed by atoms with Crippen LogP contribution in [0.15, 0.2) is 65.6 Å². The molecule has 0 unspecified atom stereocenters. The van der Waals surface area contributed by atoms with Gasteiger partial charge in [0.25, 0.3) is 10.0 Å². The molecule has 0 saturated heterocycles. The van der Waals surface area contributed by atoms with E-state index in [2.05, 4.69) is 15.4 Å². The molecule has 0 saturated carbocycles. The smallest absolute Gasteiger partial charge is 0.263 e. The number of sulfonamides is 1. The van der Waals surface area contributed by atoms with Crippen LogP contribution in [0.1, 0.15) is 5.56 Å². The summed E-state index contributed by atoms with van der Waals surface area (Å²) in [7, 11) is -2.47. The van der Waals surface area contributed by atoms with Gasteiger partial charge in [-0.15, -0.1) is 0 Å². The lowest BCUT2D eigenvalue weighted by Gasteiger charge is -2.16. The summed E-state index contributed by atoms with van der Waals surface area (Å²) in [4.78, 5) is -0.0490. The molecule has 0 fully saturated rings. The molecule has 3 rings (SSSR count). The van der Waals surface area contributed by atoms with Crippen molar-refractivity contribution in [3.8, 4) is 5.75 Å². The first-order chi connectivity index (χ1) is 14.7. The molecule has 0 atom stereocenters. The fraction of sp³-hybridized carbons (Fsp3) is 0.0952. The Morgan fingerprint density at radius 1 is 0.935 bits per heavy atom. The van der Waals surface area contributed by atoms with Crippen molar-refractivity contribution in [3.05, 3.63) is 77.9 Å². The molecule has 3 aromatic carbocycles. The Balaban J connectivity index is 1.84. The molecule has 0 bridgehead atoms. The molecule has 0 heterocycles. The van der Waals surface area contributed by atoms with E-state index in [0.717, 1.165) is 6.07 Å². The number of anilines is 3. The van der Waals surface area contributed by atoms with Crippen molar-refractivity contribution in [1.82, 2.24) is 0 Å². The summed E-state index contributed by atoms with van der Waals surface area (Å²) in [6, 6.07) is 14.1. The number of nitrogens with one attached hydrogen (secondary N) is 3. The third kappa shape index (κ3) is 5.68. The normalized spacial score (nSPS) is 11.0. The molecule has 0 aromatic heterocycles. The molecule has 0 amide bonds. The first-order valence-electron chi connectivity index (χ1n) is 8.98. The monoisotopic (exact) mass is 463 g/mol. The van der Waals surface area contributed by atoms with Crippen molar-refractivity contribution in [2.45, 2.75) is 11.8 Å². The molecule has 6 nitrogen and oxygen atoms in total. The number of rotatable bonds is 6. The van der Waals surface area contributed by atoms with Gasteiger partial charge < -0.3 is 15.4 Å². The molecule has 0 spiro atoms. The van der Waals surface area contributed by atoms with Gasteiger partial charge in [-0.2, -0.15) is 0 Å². The lowest BCUT2D eigenvalue weighted by atomic mass is 10.2. The Morgan fingerprint density at radius 2 is 1.58 bits per heavy atom. The zero-order chi connectivity index (χ0) is 22.6. The maximum atomic E-state index is 13.9. The number of halogens is 2. The molecule has 3 N–H and O–H groups in total. The summed E-state index contributed by atoms with van der Waals surface area (Å²) in [5, 5.41) is 5.29. The second kappa shape index (κ2) is 9.27. The first kappa shape index (κ1) is 22.4. The summed E-state index contributed by atoms with van der Waals surface area (Å²) in [6.07, 6.45) is 0. The van der Waals surface area contributed by atoms with Crippen molar-refractivity contribution >= 4 is 44.4 Å². The zero-order valence-corrected chi connectivity index (χ0v) is 18.2. The molecule has 3 aromatic rings. The van der Waals surface area contributed by atoms with Gasteiger partial charge in [-0.25, -0.2) is 17.2 Å². The minimum Gasteiger partial charge on any atom is -0.497 e. The molecule has 10 heteroatoms. The predicted molar refractivity (Wildman–Crippen MR) is 121 cm³/mol. The summed E-state index contributed by atoms with van der Waals surface area (Å²) in [5.41, 5.74) is 1.20. The van der Waals surface area contributed by atoms with E-state index in [9.17, 15) is 17.2 Å². The number of aryl methyl sites for hydroxylation is 1. The van der Waals surface area contributed by atoms with Crippen LogP contribution in [0.25, 0.3) is 0 Å². The van der Waals surface area contributed by atoms with E-state index in [1.165, 1.54) is 19.2 Å².